The minimum atomic E-state index is -0.684. The van der Waals surface area contributed by atoms with E-state index in [0.717, 1.165) is 31.4 Å². The molecule has 284 valence electrons. The van der Waals surface area contributed by atoms with E-state index in [2.05, 4.69) is 58.2 Å². The van der Waals surface area contributed by atoms with Gasteiger partial charge in [0.1, 0.15) is 18.4 Å². The van der Waals surface area contributed by atoms with Crippen LogP contribution in [0.4, 0.5) is 5.69 Å². The van der Waals surface area contributed by atoms with Crippen LogP contribution in [0.25, 0.3) is 0 Å². The van der Waals surface area contributed by atoms with E-state index >= 15 is 0 Å². The first-order chi connectivity index (χ1) is 24.6. The Morgan fingerprint density at radius 1 is 0.784 bits per heavy atom. The fourth-order valence-corrected chi connectivity index (χ4v) is 5.02. The topological polar surface area (TPSA) is 163 Å². The number of hydrogen-bond donors (Lipinski definition) is 5. The molecule has 1 unspecified atom stereocenters. The number of amides is 4. The van der Waals surface area contributed by atoms with Gasteiger partial charge in [0.25, 0.3) is 5.91 Å². The van der Waals surface area contributed by atoms with E-state index in [-0.39, 0.29) is 30.9 Å². The number of methoxy groups -OCH3 is 1. The van der Waals surface area contributed by atoms with Crippen molar-refractivity contribution in [2.24, 2.45) is 5.41 Å². The molecule has 0 saturated carbocycles. The molecular formula is C37H56N4O9S. The smallest absolute Gasteiger partial charge is 0.251 e. The van der Waals surface area contributed by atoms with E-state index in [9.17, 15) is 19.2 Å². The van der Waals surface area contributed by atoms with Crippen LogP contribution >= 0.6 is 12.6 Å². The highest BCUT2D eigenvalue weighted by Crippen LogP contribution is 2.25. The SMILES string of the molecule is COc1cc(C(=O)NCCOCCOCCOCCOCC(=O)NC(C(=O)NCCCCCc2ccc(CS)cc2)C(C)(C)C)ccc1NC=O. The summed E-state index contributed by atoms with van der Waals surface area (Å²) in [6.45, 7) is 8.70. The highest BCUT2D eigenvalue weighted by molar-refractivity contribution is 7.79. The lowest BCUT2D eigenvalue weighted by molar-refractivity contribution is -0.134. The maximum Gasteiger partial charge on any atom is 0.251 e. The monoisotopic (exact) mass is 732 g/mol. The van der Waals surface area contributed by atoms with Crippen LogP contribution in [0.5, 0.6) is 5.75 Å². The number of thiol groups is 1. The van der Waals surface area contributed by atoms with Gasteiger partial charge in [-0.15, -0.1) is 0 Å². The summed E-state index contributed by atoms with van der Waals surface area (Å²) < 4.78 is 27.1. The third kappa shape index (κ3) is 18.4. The second-order valence-corrected chi connectivity index (χ2v) is 13.1. The van der Waals surface area contributed by atoms with Crippen LogP contribution in [-0.4, -0.2) is 103 Å². The highest BCUT2D eigenvalue weighted by Gasteiger charge is 2.32. The molecule has 0 saturated heterocycles. The standard InChI is InChI=1S/C37H56N4O9S/c1-37(2,3)34(36(45)38-15-7-5-6-8-28-9-11-29(26-51)12-10-28)41-33(43)25-50-23-22-49-21-20-48-19-18-47-17-16-39-35(44)30-13-14-31(40-27-42)32(24-30)46-4/h9-14,24,27,34,51H,5-8,15-23,25-26H2,1-4H3,(H,38,45)(H,39,44)(H,40,42)(H,41,43). The minimum absolute atomic E-state index is 0.175. The molecule has 0 bridgehead atoms. The Bertz CT molecular complexity index is 1320. The van der Waals surface area contributed by atoms with Crippen molar-refractivity contribution in [2.75, 3.05) is 78.4 Å². The lowest BCUT2D eigenvalue weighted by Gasteiger charge is -2.30. The van der Waals surface area contributed by atoms with Crippen LogP contribution in [0.3, 0.4) is 0 Å². The third-order valence-corrected chi connectivity index (χ3v) is 8.00. The van der Waals surface area contributed by atoms with Crippen LogP contribution in [0.2, 0.25) is 0 Å². The molecule has 4 amide bonds. The summed E-state index contributed by atoms with van der Waals surface area (Å²) in [4.78, 5) is 48.4. The van der Waals surface area contributed by atoms with Crippen molar-refractivity contribution >= 4 is 42.4 Å². The predicted molar refractivity (Wildman–Crippen MR) is 199 cm³/mol. The number of carbonyl (C=O) groups is 4. The van der Waals surface area contributed by atoms with Crippen LogP contribution in [0.1, 0.15) is 61.5 Å². The summed E-state index contributed by atoms with van der Waals surface area (Å²) >= 11 is 4.29. The summed E-state index contributed by atoms with van der Waals surface area (Å²) in [6, 6.07) is 12.5. The number of carbonyl (C=O) groups excluding carboxylic acids is 4. The minimum Gasteiger partial charge on any atom is -0.495 e. The molecule has 51 heavy (non-hydrogen) atoms. The first-order valence-corrected chi connectivity index (χ1v) is 18.0. The van der Waals surface area contributed by atoms with Crippen molar-refractivity contribution in [2.45, 2.75) is 58.2 Å². The number of rotatable bonds is 27. The molecule has 2 aromatic rings. The number of benzene rings is 2. The zero-order valence-corrected chi connectivity index (χ0v) is 31.3. The van der Waals surface area contributed by atoms with Gasteiger partial charge in [0.05, 0.1) is 59.0 Å². The number of anilines is 1. The molecule has 0 aliphatic heterocycles. The van der Waals surface area contributed by atoms with Gasteiger partial charge in [0.2, 0.25) is 18.2 Å². The van der Waals surface area contributed by atoms with Crippen molar-refractivity contribution < 1.29 is 42.9 Å². The molecule has 2 rings (SSSR count). The van der Waals surface area contributed by atoms with Crippen LogP contribution < -0.4 is 26.0 Å². The van der Waals surface area contributed by atoms with Crippen molar-refractivity contribution in [3.63, 3.8) is 0 Å². The Hall–Kier alpha value is -3.69. The Kier molecular flexibility index (Phi) is 21.6. The average molecular weight is 733 g/mol. The van der Waals surface area contributed by atoms with Gasteiger partial charge >= 0.3 is 0 Å². The van der Waals surface area contributed by atoms with Gasteiger partial charge < -0.3 is 45.0 Å². The van der Waals surface area contributed by atoms with E-state index in [1.165, 1.54) is 18.2 Å². The first kappa shape index (κ1) is 43.5. The molecule has 0 aliphatic carbocycles. The lowest BCUT2D eigenvalue weighted by atomic mass is 9.86. The molecule has 1 atom stereocenters. The molecule has 13 nitrogen and oxygen atoms in total. The number of unbranched alkanes of at least 4 members (excludes halogenated alkanes) is 2. The first-order valence-electron chi connectivity index (χ1n) is 17.3. The molecule has 0 fully saturated rings. The van der Waals surface area contributed by atoms with Crippen LogP contribution in [-0.2, 0) is 45.5 Å². The van der Waals surface area contributed by atoms with Gasteiger partial charge in [0.15, 0.2) is 0 Å². The Labute approximate surface area is 307 Å². The highest BCUT2D eigenvalue weighted by atomic mass is 32.1. The third-order valence-electron chi connectivity index (χ3n) is 7.64. The molecule has 0 radical (unpaired) electrons. The van der Waals surface area contributed by atoms with Gasteiger partial charge in [-0.2, -0.15) is 12.6 Å². The normalized spacial score (nSPS) is 11.8. The van der Waals surface area contributed by atoms with E-state index in [1.807, 2.05) is 20.8 Å². The van der Waals surface area contributed by atoms with E-state index in [0.29, 0.717) is 76.1 Å². The summed E-state index contributed by atoms with van der Waals surface area (Å²) in [6.07, 6.45) is 4.45. The summed E-state index contributed by atoms with van der Waals surface area (Å²) in [7, 11) is 1.46. The van der Waals surface area contributed by atoms with E-state index in [1.54, 1.807) is 18.2 Å². The van der Waals surface area contributed by atoms with Crippen molar-refractivity contribution in [1.82, 2.24) is 16.0 Å². The lowest BCUT2D eigenvalue weighted by Crippen LogP contribution is -2.54. The molecule has 4 N–H and O–H groups in total. The van der Waals surface area contributed by atoms with E-state index < -0.39 is 11.5 Å². The second kappa shape index (κ2) is 25.3. The predicted octanol–water partition coefficient (Wildman–Crippen LogP) is 3.55. The molecule has 0 aliphatic rings. The summed E-state index contributed by atoms with van der Waals surface area (Å²) in [5.74, 6) is 0.273. The fraction of sp³-hybridized carbons (Fsp3) is 0.568. The van der Waals surface area contributed by atoms with Gasteiger partial charge in [-0.3, -0.25) is 19.2 Å². The summed E-state index contributed by atoms with van der Waals surface area (Å²) in [5, 5.41) is 11.1. The maximum atomic E-state index is 12.9. The Morgan fingerprint density at radius 3 is 2.02 bits per heavy atom. The summed E-state index contributed by atoms with van der Waals surface area (Å²) in [5.41, 5.74) is 2.91. The van der Waals surface area contributed by atoms with Crippen LogP contribution in [0, 0.1) is 5.41 Å². The van der Waals surface area contributed by atoms with Gasteiger partial charge in [-0.05, 0) is 54.0 Å². The number of nitrogens with one attached hydrogen (secondary N) is 4. The Balaban J connectivity index is 1.46. The molecular weight excluding hydrogens is 676 g/mol. The number of aryl methyl sites for hydroxylation is 1. The van der Waals surface area contributed by atoms with Crippen LogP contribution in [0.15, 0.2) is 42.5 Å². The number of hydrogen-bond acceptors (Lipinski definition) is 10. The quantitative estimate of drug-likeness (QED) is 0.0526. The Morgan fingerprint density at radius 2 is 1.41 bits per heavy atom. The molecule has 2 aromatic carbocycles. The zero-order valence-electron chi connectivity index (χ0n) is 30.4. The fourth-order valence-electron chi connectivity index (χ4n) is 4.81. The average Bonchev–Trinajstić information content (AvgIpc) is 3.11. The molecule has 0 heterocycles. The second-order valence-electron chi connectivity index (χ2n) is 12.8. The zero-order chi connectivity index (χ0) is 37.3. The van der Waals surface area contributed by atoms with Crippen molar-refractivity contribution in [3.05, 3.63) is 59.2 Å². The largest absolute Gasteiger partial charge is 0.495 e. The van der Waals surface area contributed by atoms with E-state index in [4.69, 9.17) is 23.7 Å². The molecule has 14 heteroatoms. The van der Waals surface area contributed by atoms with Crippen molar-refractivity contribution in [1.29, 1.82) is 0 Å². The van der Waals surface area contributed by atoms with Gasteiger partial charge in [-0.25, -0.2) is 0 Å². The van der Waals surface area contributed by atoms with Gasteiger partial charge in [0, 0.05) is 24.4 Å². The number of ether oxygens (including phenoxy) is 5. The maximum absolute atomic E-state index is 12.9. The molecule has 0 spiro atoms. The van der Waals surface area contributed by atoms with Crippen molar-refractivity contribution in [3.8, 4) is 5.75 Å². The van der Waals surface area contributed by atoms with Gasteiger partial charge in [-0.1, -0.05) is 51.5 Å². The molecule has 0 aromatic heterocycles.